The van der Waals surface area contributed by atoms with Crippen molar-refractivity contribution in [2.24, 2.45) is 11.8 Å². The molecule has 0 aliphatic carbocycles. The molecule has 27 heavy (non-hydrogen) atoms. The lowest BCUT2D eigenvalue weighted by Crippen LogP contribution is -2.49. The minimum absolute atomic E-state index is 0. The highest BCUT2D eigenvalue weighted by Crippen LogP contribution is 2.23. The number of piperidine rings is 2. The van der Waals surface area contributed by atoms with Crippen LogP contribution in [0.1, 0.15) is 59.3 Å². The lowest BCUT2D eigenvalue weighted by molar-refractivity contribution is -0.135. The van der Waals surface area contributed by atoms with E-state index in [-0.39, 0.29) is 24.3 Å². The van der Waals surface area contributed by atoms with Crippen molar-refractivity contribution in [3.63, 3.8) is 0 Å². The molecule has 6 nitrogen and oxygen atoms in total. The first-order valence-corrected chi connectivity index (χ1v) is 10.5. The van der Waals surface area contributed by atoms with Gasteiger partial charge in [0.2, 0.25) is 5.91 Å². The maximum atomic E-state index is 13.0. The average molecular weight is 403 g/mol. The van der Waals surface area contributed by atoms with Gasteiger partial charge < -0.3 is 20.4 Å². The van der Waals surface area contributed by atoms with Gasteiger partial charge in [0, 0.05) is 38.6 Å². The molecule has 2 N–H and O–H groups in total. The van der Waals surface area contributed by atoms with Gasteiger partial charge in [-0.05, 0) is 57.0 Å². The molecule has 0 aromatic heterocycles. The normalized spacial score (nSPS) is 20.9. The Bertz CT molecular complexity index is 455. The minimum Gasteiger partial charge on any atom is -0.340 e. The molecular formula is C20H39ClN4O2. The molecule has 2 aliphatic heterocycles. The molecule has 0 spiro atoms. The standard InChI is InChI=1S/C20H38N4O2.ClH/c1-4-11-24(18-7-9-21-10-8-18)19(25)13-17-6-5-12-23(15-17)20(26)22-14-16(2)3;/h16-18,21H,4-15H2,1-3H3,(H,22,26);1H. The molecule has 0 aromatic rings. The molecule has 1 atom stereocenters. The molecule has 2 aliphatic rings. The Balaban J connectivity index is 0.00000364. The number of amides is 3. The van der Waals surface area contributed by atoms with E-state index >= 15 is 0 Å². The molecule has 3 amide bonds. The zero-order valence-electron chi connectivity index (χ0n) is 17.3. The monoisotopic (exact) mass is 402 g/mol. The summed E-state index contributed by atoms with van der Waals surface area (Å²) in [7, 11) is 0. The van der Waals surface area contributed by atoms with Crippen molar-refractivity contribution in [3.8, 4) is 0 Å². The van der Waals surface area contributed by atoms with Gasteiger partial charge in [0.25, 0.3) is 0 Å². The van der Waals surface area contributed by atoms with Crippen LogP contribution >= 0.6 is 12.4 Å². The van der Waals surface area contributed by atoms with Gasteiger partial charge in [-0.1, -0.05) is 20.8 Å². The molecule has 2 heterocycles. The first kappa shape index (κ1) is 24.0. The van der Waals surface area contributed by atoms with Crippen LogP contribution in [0.15, 0.2) is 0 Å². The summed E-state index contributed by atoms with van der Waals surface area (Å²) in [4.78, 5) is 29.3. The number of hydrogen-bond acceptors (Lipinski definition) is 3. The molecule has 158 valence electrons. The second kappa shape index (κ2) is 12.4. The summed E-state index contributed by atoms with van der Waals surface area (Å²) in [6.07, 6.45) is 5.74. The fourth-order valence-corrected chi connectivity index (χ4v) is 4.05. The number of carbonyl (C=O) groups is 2. The van der Waals surface area contributed by atoms with Crippen molar-refractivity contribution in [1.82, 2.24) is 20.4 Å². The van der Waals surface area contributed by atoms with Gasteiger partial charge >= 0.3 is 6.03 Å². The van der Waals surface area contributed by atoms with Crippen molar-refractivity contribution in [1.29, 1.82) is 0 Å². The lowest BCUT2D eigenvalue weighted by Gasteiger charge is -2.37. The van der Waals surface area contributed by atoms with Crippen LogP contribution in [0.3, 0.4) is 0 Å². The second-order valence-electron chi connectivity index (χ2n) is 8.31. The van der Waals surface area contributed by atoms with E-state index in [1.807, 2.05) is 4.90 Å². The SMILES string of the molecule is CCCN(C(=O)CC1CCCN(C(=O)NCC(C)C)C1)C1CCNCC1.Cl. The van der Waals surface area contributed by atoms with E-state index in [9.17, 15) is 9.59 Å². The van der Waals surface area contributed by atoms with Crippen LogP contribution in [0.2, 0.25) is 0 Å². The zero-order chi connectivity index (χ0) is 18.9. The number of rotatable bonds is 7. The Labute approximate surface area is 171 Å². The lowest BCUT2D eigenvalue weighted by atomic mass is 9.93. The highest BCUT2D eigenvalue weighted by atomic mass is 35.5. The van der Waals surface area contributed by atoms with E-state index in [2.05, 4.69) is 36.3 Å². The number of halogens is 1. The van der Waals surface area contributed by atoms with Crippen molar-refractivity contribution in [2.75, 3.05) is 39.3 Å². The first-order valence-electron chi connectivity index (χ1n) is 10.5. The molecule has 0 radical (unpaired) electrons. The predicted octanol–water partition coefficient (Wildman–Crippen LogP) is 2.87. The van der Waals surface area contributed by atoms with Crippen LogP contribution < -0.4 is 10.6 Å². The van der Waals surface area contributed by atoms with Gasteiger partial charge in [0.1, 0.15) is 0 Å². The number of urea groups is 1. The molecule has 0 aromatic carbocycles. The zero-order valence-corrected chi connectivity index (χ0v) is 18.2. The Morgan fingerprint density at radius 2 is 1.93 bits per heavy atom. The van der Waals surface area contributed by atoms with Gasteiger partial charge in [-0.2, -0.15) is 0 Å². The Hall–Kier alpha value is -1.01. The molecule has 2 rings (SSSR count). The fourth-order valence-electron chi connectivity index (χ4n) is 4.05. The highest BCUT2D eigenvalue weighted by Gasteiger charge is 2.29. The largest absolute Gasteiger partial charge is 0.340 e. The van der Waals surface area contributed by atoms with Crippen molar-refractivity contribution in [2.45, 2.75) is 65.3 Å². The average Bonchev–Trinajstić information content (AvgIpc) is 2.65. The Kier molecular flexibility index (Phi) is 11.1. The molecule has 2 fully saturated rings. The Morgan fingerprint density at radius 3 is 2.56 bits per heavy atom. The third kappa shape index (κ3) is 7.86. The van der Waals surface area contributed by atoms with E-state index in [1.54, 1.807) is 0 Å². The number of nitrogens with zero attached hydrogens (tertiary/aromatic N) is 2. The van der Waals surface area contributed by atoms with E-state index in [0.717, 1.165) is 58.3 Å². The van der Waals surface area contributed by atoms with Crippen molar-refractivity contribution >= 4 is 24.3 Å². The van der Waals surface area contributed by atoms with E-state index in [1.165, 1.54) is 0 Å². The first-order chi connectivity index (χ1) is 12.5. The number of carbonyl (C=O) groups excluding carboxylic acids is 2. The quantitative estimate of drug-likeness (QED) is 0.688. The second-order valence-corrected chi connectivity index (χ2v) is 8.31. The van der Waals surface area contributed by atoms with E-state index < -0.39 is 0 Å². The van der Waals surface area contributed by atoms with Crippen LogP contribution in [0.25, 0.3) is 0 Å². The maximum Gasteiger partial charge on any atom is 0.317 e. The van der Waals surface area contributed by atoms with E-state index in [4.69, 9.17) is 0 Å². The minimum atomic E-state index is 0. The smallest absolute Gasteiger partial charge is 0.317 e. The van der Waals surface area contributed by atoms with Crippen LogP contribution in [-0.4, -0.2) is 67.0 Å². The van der Waals surface area contributed by atoms with Gasteiger partial charge in [-0.25, -0.2) is 4.79 Å². The van der Waals surface area contributed by atoms with Crippen LogP contribution in [-0.2, 0) is 4.79 Å². The molecule has 2 saturated heterocycles. The van der Waals surface area contributed by atoms with Gasteiger partial charge in [-0.15, -0.1) is 12.4 Å². The van der Waals surface area contributed by atoms with Gasteiger partial charge in [0.05, 0.1) is 0 Å². The molecule has 0 saturated carbocycles. The number of hydrogen-bond donors (Lipinski definition) is 2. The van der Waals surface area contributed by atoms with Crippen molar-refractivity contribution < 1.29 is 9.59 Å². The Morgan fingerprint density at radius 1 is 1.22 bits per heavy atom. The van der Waals surface area contributed by atoms with E-state index in [0.29, 0.717) is 37.4 Å². The summed E-state index contributed by atoms with van der Waals surface area (Å²) in [5.74, 6) is 1.03. The molecule has 7 heteroatoms. The third-order valence-electron chi connectivity index (χ3n) is 5.47. The number of likely N-dealkylation sites (tertiary alicyclic amines) is 1. The van der Waals surface area contributed by atoms with Gasteiger partial charge in [0.15, 0.2) is 0 Å². The fraction of sp³-hybridized carbons (Fsp3) is 0.900. The molecule has 1 unspecified atom stereocenters. The summed E-state index contributed by atoms with van der Waals surface area (Å²) in [5, 5.41) is 6.39. The van der Waals surface area contributed by atoms with Crippen molar-refractivity contribution in [3.05, 3.63) is 0 Å². The topological polar surface area (TPSA) is 64.7 Å². The summed E-state index contributed by atoms with van der Waals surface area (Å²) in [5.41, 5.74) is 0. The number of nitrogens with one attached hydrogen (secondary N) is 2. The van der Waals surface area contributed by atoms with Crippen LogP contribution in [0, 0.1) is 11.8 Å². The van der Waals surface area contributed by atoms with Crippen LogP contribution in [0.5, 0.6) is 0 Å². The van der Waals surface area contributed by atoms with Crippen LogP contribution in [0.4, 0.5) is 4.79 Å². The summed E-state index contributed by atoms with van der Waals surface area (Å²) < 4.78 is 0. The molecular weight excluding hydrogens is 364 g/mol. The third-order valence-corrected chi connectivity index (χ3v) is 5.47. The van der Waals surface area contributed by atoms with Gasteiger partial charge in [-0.3, -0.25) is 4.79 Å². The molecule has 0 bridgehead atoms. The highest BCUT2D eigenvalue weighted by molar-refractivity contribution is 5.85. The summed E-state index contributed by atoms with van der Waals surface area (Å²) in [6, 6.07) is 0.414. The summed E-state index contributed by atoms with van der Waals surface area (Å²) >= 11 is 0. The predicted molar refractivity (Wildman–Crippen MR) is 112 cm³/mol. The maximum absolute atomic E-state index is 13.0. The summed E-state index contributed by atoms with van der Waals surface area (Å²) in [6.45, 7) is 11.4.